The van der Waals surface area contributed by atoms with E-state index in [9.17, 15) is 14.4 Å². The van der Waals surface area contributed by atoms with Crippen LogP contribution in [-0.4, -0.2) is 95.7 Å². The van der Waals surface area contributed by atoms with E-state index in [4.69, 9.17) is 0 Å². The summed E-state index contributed by atoms with van der Waals surface area (Å²) in [6, 6.07) is 16.9. The third-order valence-electron chi connectivity index (χ3n) is 8.89. The number of likely N-dealkylation sites (N-methyl/N-ethyl adjacent to an activating group) is 2. The van der Waals surface area contributed by atoms with Gasteiger partial charge >= 0.3 is 6.03 Å². The van der Waals surface area contributed by atoms with Crippen LogP contribution < -0.4 is 0 Å². The molecule has 2 atom stereocenters. The number of Topliss-reactive ketones (excluding diaryl/α,β-unsaturated/α-hetero) is 1. The molecule has 5 rings (SSSR count). The molecule has 1 unspecified atom stereocenters. The van der Waals surface area contributed by atoms with Gasteiger partial charge in [0.2, 0.25) is 0 Å². The van der Waals surface area contributed by atoms with Crippen molar-refractivity contribution >= 4 is 17.7 Å². The van der Waals surface area contributed by atoms with Gasteiger partial charge in [-0.05, 0) is 55.9 Å². The molecule has 0 aromatic heterocycles. The van der Waals surface area contributed by atoms with Gasteiger partial charge in [-0.3, -0.25) is 14.5 Å². The Hall–Kier alpha value is -3.19. The summed E-state index contributed by atoms with van der Waals surface area (Å²) in [5, 5.41) is 0. The van der Waals surface area contributed by atoms with Crippen LogP contribution in [0.15, 0.2) is 48.5 Å². The van der Waals surface area contributed by atoms with Gasteiger partial charge in [0, 0.05) is 70.8 Å². The van der Waals surface area contributed by atoms with Crippen molar-refractivity contribution in [3.8, 4) is 11.1 Å². The molecule has 0 spiro atoms. The van der Waals surface area contributed by atoms with Crippen molar-refractivity contribution in [1.82, 2.24) is 19.6 Å². The predicted octanol–water partition coefficient (Wildman–Crippen LogP) is 4.45. The quantitative estimate of drug-likeness (QED) is 0.589. The Labute approximate surface area is 226 Å². The fraction of sp³-hybridized carbons (Fsp3) is 0.516. The molecule has 1 aliphatic carbocycles. The highest BCUT2D eigenvalue weighted by atomic mass is 16.2. The van der Waals surface area contributed by atoms with Crippen molar-refractivity contribution in [2.24, 2.45) is 0 Å². The van der Waals surface area contributed by atoms with Crippen LogP contribution in [0.4, 0.5) is 4.79 Å². The Morgan fingerprint density at radius 3 is 2.00 bits per heavy atom. The fourth-order valence-corrected chi connectivity index (χ4v) is 6.24. The lowest BCUT2D eigenvalue weighted by Crippen LogP contribution is -2.48. The van der Waals surface area contributed by atoms with E-state index < -0.39 is 0 Å². The highest BCUT2D eigenvalue weighted by Gasteiger charge is 2.37. The van der Waals surface area contributed by atoms with Crippen LogP contribution >= 0.6 is 0 Å². The van der Waals surface area contributed by atoms with E-state index in [1.807, 2.05) is 48.2 Å². The molecule has 38 heavy (non-hydrogen) atoms. The summed E-state index contributed by atoms with van der Waals surface area (Å²) in [5.74, 6) is 0.376. The molecule has 7 nitrogen and oxygen atoms in total. The molecule has 3 fully saturated rings. The zero-order valence-corrected chi connectivity index (χ0v) is 22.9. The lowest BCUT2D eigenvalue weighted by Gasteiger charge is -2.33. The lowest BCUT2D eigenvalue weighted by molar-refractivity contribution is -0.121. The summed E-state index contributed by atoms with van der Waals surface area (Å²) in [4.78, 5) is 46.3. The molecule has 2 aromatic carbocycles. The Bertz CT molecular complexity index is 1150. The highest BCUT2D eigenvalue weighted by Crippen LogP contribution is 2.27. The Morgan fingerprint density at radius 1 is 0.763 bits per heavy atom. The van der Waals surface area contributed by atoms with Gasteiger partial charge in [-0.2, -0.15) is 0 Å². The van der Waals surface area contributed by atoms with Crippen molar-refractivity contribution in [1.29, 1.82) is 0 Å². The van der Waals surface area contributed by atoms with E-state index in [1.54, 1.807) is 4.90 Å². The first-order valence-electron chi connectivity index (χ1n) is 14.0. The molecular formula is C31H40N4O3. The fourth-order valence-electron chi connectivity index (χ4n) is 6.24. The number of hydrogen-bond donors (Lipinski definition) is 0. The standard InChI is InChI=1S/C31H40N4O3/c1-22-4-6-23(7-5-22)24-8-10-25(11-9-24)30(37)32(2)27-17-19-35(21-27)31(38)33(3)28-16-18-34(20-28)26-12-14-29(36)15-13-26/h4-11,26-28H,12-21H2,1-3H3/t27-,28?/m0/s1. The van der Waals surface area contributed by atoms with E-state index in [0.717, 1.165) is 49.9 Å². The zero-order valence-electron chi connectivity index (χ0n) is 22.9. The molecule has 0 bridgehead atoms. The maximum absolute atomic E-state index is 13.3. The number of nitrogens with zero attached hydrogens (tertiary/aromatic N) is 4. The minimum Gasteiger partial charge on any atom is -0.337 e. The van der Waals surface area contributed by atoms with E-state index in [2.05, 4.69) is 36.1 Å². The van der Waals surface area contributed by atoms with Gasteiger partial charge in [0.15, 0.2) is 0 Å². The van der Waals surface area contributed by atoms with Gasteiger partial charge < -0.3 is 14.7 Å². The lowest BCUT2D eigenvalue weighted by atomic mass is 9.93. The average molecular weight is 517 g/mol. The van der Waals surface area contributed by atoms with E-state index >= 15 is 0 Å². The zero-order chi connectivity index (χ0) is 26.8. The monoisotopic (exact) mass is 516 g/mol. The summed E-state index contributed by atoms with van der Waals surface area (Å²) < 4.78 is 0. The number of benzene rings is 2. The predicted molar refractivity (Wildman–Crippen MR) is 149 cm³/mol. The Kier molecular flexibility index (Phi) is 7.84. The number of likely N-dealkylation sites (tertiary alicyclic amines) is 2. The molecule has 202 valence electrons. The number of carbonyl (C=O) groups excluding carboxylic acids is 3. The summed E-state index contributed by atoms with van der Waals surface area (Å²) >= 11 is 0. The van der Waals surface area contributed by atoms with E-state index in [0.29, 0.717) is 43.3 Å². The topological polar surface area (TPSA) is 64.2 Å². The van der Waals surface area contributed by atoms with Gasteiger partial charge in [0.05, 0.1) is 6.04 Å². The van der Waals surface area contributed by atoms with Crippen LogP contribution in [-0.2, 0) is 4.79 Å². The van der Waals surface area contributed by atoms with Gasteiger partial charge in [-0.15, -0.1) is 0 Å². The number of rotatable bonds is 5. The maximum atomic E-state index is 13.3. The van der Waals surface area contributed by atoms with Crippen LogP contribution in [0.25, 0.3) is 11.1 Å². The van der Waals surface area contributed by atoms with Gasteiger partial charge in [0.1, 0.15) is 5.78 Å². The third-order valence-corrected chi connectivity index (χ3v) is 8.89. The number of carbonyl (C=O) groups is 3. The second-order valence-electron chi connectivity index (χ2n) is 11.3. The number of urea groups is 1. The van der Waals surface area contributed by atoms with Gasteiger partial charge in [-0.1, -0.05) is 42.0 Å². The molecule has 0 radical (unpaired) electrons. The molecule has 3 aliphatic rings. The second-order valence-corrected chi connectivity index (χ2v) is 11.3. The smallest absolute Gasteiger partial charge is 0.320 e. The van der Waals surface area contributed by atoms with Crippen molar-refractivity contribution in [2.45, 2.75) is 63.6 Å². The summed E-state index contributed by atoms with van der Waals surface area (Å²) in [6.45, 7) is 5.18. The highest BCUT2D eigenvalue weighted by molar-refractivity contribution is 5.95. The Morgan fingerprint density at radius 2 is 1.34 bits per heavy atom. The molecule has 7 heteroatoms. The molecular weight excluding hydrogens is 476 g/mol. The Balaban J connectivity index is 1.13. The van der Waals surface area contributed by atoms with Crippen LogP contribution in [0.5, 0.6) is 0 Å². The van der Waals surface area contributed by atoms with Crippen LogP contribution in [0.3, 0.4) is 0 Å². The van der Waals surface area contributed by atoms with Crippen molar-refractivity contribution in [3.63, 3.8) is 0 Å². The van der Waals surface area contributed by atoms with Gasteiger partial charge in [-0.25, -0.2) is 4.79 Å². The maximum Gasteiger partial charge on any atom is 0.320 e. The van der Waals surface area contributed by atoms with Gasteiger partial charge in [0.25, 0.3) is 5.91 Å². The summed E-state index contributed by atoms with van der Waals surface area (Å²) in [6.07, 6.45) is 5.05. The number of hydrogen-bond acceptors (Lipinski definition) is 4. The second kappa shape index (κ2) is 11.3. The van der Waals surface area contributed by atoms with Crippen molar-refractivity contribution in [2.75, 3.05) is 40.3 Å². The first-order chi connectivity index (χ1) is 18.3. The average Bonchev–Trinajstić information content (AvgIpc) is 3.63. The van der Waals surface area contributed by atoms with Crippen molar-refractivity contribution in [3.05, 3.63) is 59.7 Å². The first-order valence-corrected chi connectivity index (χ1v) is 14.0. The largest absolute Gasteiger partial charge is 0.337 e. The molecule has 2 saturated heterocycles. The van der Waals surface area contributed by atoms with Crippen LogP contribution in [0, 0.1) is 6.92 Å². The molecule has 2 heterocycles. The minimum atomic E-state index is -0.00879. The molecule has 2 aliphatic heterocycles. The molecule has 0 N–H and O–H groups in total. The first kappa shape index (κ1) is 26.4. The SMILES string of the molecule is Cc1ccc(-c2ccc(C(=O)N(C)[C@H]3CCN(C(=O)N(C)C4CCN(C5CCC(=O)CC5)C4)C3)cc2)cc1. The van der Waals surface area contributed by atoms with E-state index in [1.165, 1.54) is 5.56 Å². The van der Waals surface area contributed by atoms with Crippen LogP contribution in [0.2, 0.25) is 0 Å². The minimum absolute atomic E-state index is 0.00879. The van der Waals surface area contributed by atoms with Crippen molar-refractivity contribution < 1.29 is 14.4 Å². The van der Waals surface area contributed by atoms with Crippen LogP contribution in [0.1, 0.15) is 54.4 Å². The summed E-state index contributed by atoms with van der Waals surface area (Å²) in [5.41, 5.74) is 4.12. The third kappa shape index (κ3) is 5.63. The molecule has 3 amide bonds. The number of ketones is 1. The van der Waals surface area contributed by atoms with E-state index in [-0.39, 0.29) is 24.0 Å². The molecule has 2 aromatic rings. The normalized spacial score (nSPS) is 22.6. The number of aryl methyl sites for hydroxylation is 1. The molecule has 1 saturated carbocycles. The summed E-state index contributed by atoms with van der Waals surface area (Å²) in [7, 11) is 3.76. The number of amides is 3.